The van der Waals surface area contributed by atoms with Crippen molar-refractivity contribution in [3.8, 4) is 0 Å². The molecule has 2 aromatic rings. The van der Waals surface area contributed by atoms with Gasteiger partial charge in [0.15, 0.2) is 0 Å². The third-order valence-corrected chi connectivity index (χ3v) is 5.00. The van der Waals surface area contributed by atoms with Gasteiger partial charge in [-0.15, -0.1) is 0 Å². The summed E-state index contributed by atoms with van der Waals surface area (Å²) in [4.78, 5) is 0. The maximum atomic E-state index is 13.2. The summed E-state index contributed by atoms with van der Waals surface area (Å²) < 4.78 is 90.3. The van der Waals surface area contributed by atoms with E-state index >= 15 is 0 Å². The minimum Gasteiger partial charge on any atom is -0.374 e. The van der Waals surface area contributed by atoms with Crippen LogP contribution in [0.4, 0.5) is 26.3 Å². The molecule has 0 saturated carbocycles. The summed E-state index contributed by atoms with van der Waals surface area (Å²) in [5, 5.41) is 0. The molecule has 1 unspecified atom stereocenters. The largest absolute Gasteiger partial charge is 0.416 e. The van der Waals surface area contributed by atoms with E-state index in [1.165, 1.54) is 6.92 Å². The number of benzene rings is 2. The average molecular weight is 430 g/mol. The van der Waals surface area contributed by atoms with Crippen LogP contribution in [0, 0.1) is 0 Å². The molecule has 2 aromatic carbocycles. The van der Waals surface area contributed by atoms with Crippen LogP contribution in [-0.4, -0.2) is 19.3 Å². The quantitative estimate of drug-likeness (QED) is 0.405. The summed E-state index contributed by atoms with van der Waals surface area (Å²) in [6.07, 6.45) is -11.5. The van der Waals surface area contributed by atoms with Gasteiger partial charge in [-0.3, -0.25) is 0 Å². The number of halogens is 6. The van der Waals surface area contributed by atoms with Gasteiger partial charge in [-0.05, 0) is 41.8 Å². The normalized spacial score (nSPS) is 21.5. The van der Waals surface area contributed by atoms with E-state index in [0.717, 1.165) is 11.1 Å². The zero-order valence-corrected chi connectivity index (χ0v) is 16.1. The topological polar surface area (TPSA) is 18.5 Å². The van der Waals surface area contributed by atoms with Crippen molar-refractivity contribution < 1.29 is 35.8 Å². The molecule has 1 aliphatic heterocycles. The molecule has 3 atom stereocenters. The Bertz CT molecular complexity index is 856. The molecule has 0 amide bonds. The molecule has 3 rings (SSSR count). The Labute approximate surface area is 170 Å². The highest BCUT2D eigenvalue weighted by Crippen LogP contribution is 2.40. The lowest BCUT2D eigenvalue weighted by Gasteiger charge is -2.35. The van der Waals surface area contributed by atoms with Gasteiger partial charge >= 0.3 is 12.4 Å². The molecule has 0 aromatic heterocycles. The van der Waals surface area contributed by atoms with E-state index in [-0.39, 0.29) is 24.2 Å². The van der Waals surface area contributed by atoms with E-state index < -0.39 is 35.7 Å². The second-order valence-corrected chi connectivity index (χ2v) is 7.22. The first-order chi connectivity index (χ1) is 14.0. The molecular weight excluding hydrogens is 410 g/mol. The molecule has 1 fully saturated rings. The minimum absolute atomic E-state index is 0.106. The molecule has 162 valence electrons. The molecule has 1 saturated heterocycles. The van der Waals surface area contributed by atoms with Crippen molar-refractivity contribution in [1.82, 2.24) is 0 Å². The predicted molar refractivity (Wildman–Crippen MR) is 98.9 cm³/mol. The van der Waals surface area contributed by atoms with Gasteiger partial charge in [0.2, 0.25) is 0 Å². The standard InChI is InChI=1S/C22H20F6O2/c1-13-11-29-12-19(20(13)15-6-4-3-5-7-15)30-14(2)16-8-17(21(23,24)25)10-18(9-16)22(26,27)28/h3-10,14,19-20H,1,11-12H2,2H3/t14?,19-,20-/m1/s1. The van der Waals surface area contributed by atoms with Crippen LogP contribution in [0.15, 0.2) is 60.7 Å². The van der Waals surface area contributed by atoms with E-state index in [1.807, 2.05) is 30.3 Å². The fourth-order valence-corrected chi connectivity index (χ4v) is 3.54. The van der Waals surface area contributed by atoms with Gasteiger partial charge in [0.25, 0.3) is 0 Å². The molecule has 0 N–H and O–H groups in total. The van der Waals surface area contributed by atoms with Gasteiger partial charge in [-0.25, -0.2) is 0 Å². The number of rotatable bonds is 4. The third-order valence-electron chi connectivity index (χ3n) is 5.00. The summed E-state index contributed by atoms with van der Waals surface area (Å²) >= 11 is 0. The Hall–Kier alpha value is -2.32. The lowest BCUT2D eigenvalue weighted by molar-refractivity contribution is -0.143. The Morgan fingerprint density at radius 3 is 2.07 bits per heavy atom. The summed E-state index contributed by atoms with van der Waals surface area (Å²) in [6.45, 7) is 5.87. The number of hydrogen-bond donors (Lipinski definition) is 0. The van der Waals surface area contributed by atoms with Crippen LogP contribution < -0.4 is 0 Å². The second kappa shape index (κ2) is 8.43. The van der Waals surface area contributed by atoms with Crippen LogP contribution in [-0.2, 0) is 21.8 Å². The first kappa shape index (κ1) is 22.4. The third kappa shape index (κ3) is 5.05. The average Bonchev–Trinajstić information content (AvgIpc) is 2.67. The van der Waals surface area contributed by atoms with E-state index in [2.05, 4.69) is 6.58 Å². The molecule has 0 radical (unpaired) electrons. The molecule has 0 spiro atoms. The van der Waals surface area contributed by atoms with Gasteiger partial charge in [0.1, 0.15) is 0 Å². The molecule has 0 bridgehead atoms. The predicted octanol–water partition coefficient (Wildman–Crippen LogP) is 6.54. The Kier molecular flexibility index (Phi) is 6.29. The van der Waals surface area contributed by atoms with Crippen molar-refractivity contribution in [2.75, 3.05) is 13.2 Å². The zero-order valence-electron chi connectivity index (χ0n) is 16.1. The van der Waals surface area contributed by atoms with E-state index in [9.17, 15) is 26.3 Å². The van der Waals surface area contributed by atoms with E-state index in [0.29, 0.717) is 18.7 Å². The fraction of sp³-hybridized carbons (Fsp3) is 0.364. The highest BCUT2D eigenvalue weighted by Gasteiger charge is 2.38. The molecule has 8 heteroatoms. The molecule has 2 nitrogen and oxygen atoms in total. The summed E-state index contributed by atoms with van der Waals surface area (Å²) in [6, 6.07) is 10.7. The van der Waals surface area contributed by atoms with Crippen molar-refractivity contribution in [3.05, 3.63) is 82.9 Å². The molecule has 1 aliphatic rings. The second-order valence-electron chi connectivity index (χ2n) is 7.22. The summed E-state index contributed by atoms with van der Waals surface area (Å²) in [5.74, 6) is -0.282. The summed E-state index contributed by atoms with van der Waals surface area (Å²) in [5.41, 5.74) is -1.33. The lowest BCUT2D eigenvalue weighted by atomic mass is 9.86. The maximum absolute atomic E-state index is 13.2. The van der Waals surface area contributed by atoms with Gasteiger partial charge in [0.05, 0.1) is 36.5 Å². The van der Waals surface area contributed by atoms with Crippen LogP contribution in [0.1, 0.15) is 41.2 Å². The Morgan fingerprint density at radius 2 is 1.53 bits per heavy atom. The van der Waals surface area contributed by atoms with Gasteiger partial charge in [-0.2, -0.15) is 26.3 Å². The fourth-order valence-electron chi connectivity index (χ4n) is 3.54. The van der Waals surface area contributed by atoms with Crippen molar-refractivity contribution in [2.45, 2.75) is 37.4 Å². The van der Waals surface area contributed by atoms with Gasteiger partial charge < -0.3 is 9.47 Å². The SMILES string of the molecule is C=C1COC[C@@H](OC(C)c2cc(C(F)(F)F)cc(C(F)(F)F)c2)[C@H]1c1ccccc1. The molecule has 0 aliphatic carbocycles. The lowest BCUT2D eigenvalue weighted by Crippen LogP contribution is -2.35. The highest BCUT2D eigenvalue weighted by molar-refractivity contribution is 5.35. The van der Waals surface area contributed by atoms with Crippen LogP contribution in [0.3, 0.4) is 0 Å². The van der Waals surface area contributed by atoms with Crippen molar-refractivity contribution in [1.29, 1.82) is 0 Å². The van der Waals surface area contributed by atoms with Crippen molar-refractivity contribution in [3.63, 3.8) is 0 Å². The first-order valence-corrected chi connectivity index (χ1v) is 9.22. The maximum Gasteiger partial charge on any atom is 0.416 e. The smallest absolute Gasteiger partial charge is 0.374 e. The Balaban J connectivity index is 1.92. The van der Waals surface area contributed by atoms with Crippen LogP contribution in [0.5, 0.6) is 0 Å². The minimum atomic E-state index is -4.91. The van der Waals surface area contributed by atoms with Crippen LogP contribution >= 0.6 is 0 Å². The van der Waals surface area contributed by atoms with Crippen molar-refractivity contribution >= 4 is 0 Å². The highest BCUT2D eigenvalue weighted by atomic mass is 19.4. The molecule has 1 heterocycles. The van der Waals surface area contributed by atoms with Gasteiger partial charge in [0, 0.05) is 5.92 Å². The monoisotopic (exact) mass is 430 g/mol. The van der Waals surface area contributed by atoms with Gasteiger partial charge in [-0.1, -0.05) is 36.9 Å². The number of ether oxygens (including phenoxy) is 2. The number of alkyl halides is 6. The van der Waals surface area contributed by atoms with Crippen molar-refractivity contribution in [2.24, 2.45) is 0 Å². The summed E-state index contributed by atoms with van der Waals surface area (Å²) in [7, 11) is 0. The van der Waals surface area contributed by atoms with Crippen LogP contribution in [0.2, 0.25) is 0 Å². The molecular formula is C22H20F6O2. The van der Waals surface area contributed by atoms with E-state index in [4.69, 9.17) is 9.47 Å². The molecule has 30 heavy (non-hydrogen) atoms. The Morgan fingerprint density at radius 1 is 0.967 bits per heavy atom. The van der Waals surface area contributed by atoms with Crippen LogP contribution in [0.25, 0.3) is 0 Å². The zero-order chi connectivity index (χ0) is 22.1. The van der Waals surface area contributed by atoms with E-state index in [1.54, 1.807) is 0 Å². The number of hydrogen-bond acceptors (Lipinski definition) is 2. The first-order valence-electron chi connectivity index (χ1n) is 9.22.